The third kappa shape index (κ3) is 7.14. The first-order valence-corrected chi connectivity index (χ1v) is 15.6. The van der Waals surface area contributed by atoms with Crippen LogP contribution in [-0.4, -0.2) is 70.9 Å². The van der Waals surface area contributed by atoms with Gasteiger partial charge in [0.2, 0.25) is 5.91 Å². The Morgan fingerprint density at radius 2 is 1.67 bits per heavy atom. The molecule has 242 valence electrons. The van der Waals surface area contributed by atoms with Gasteiger partial charge in [-0.1, -0.05) is 73.7 Å². The summed E-state index contributed by atoms with van der Waals surface area (Å²) in [7, 11) is 0. The topological polar surface area (TPSA) is 138 Å². The highest BCUT2D eigenvalue weighted by molar-refractivity contribution is 6.22. The summed E-state index contributed by atoms with van der Waals surface area (Å²) in [4.78, 5) is 41.7. The number of ether oxygens (including phenoxy) is 3. The number of aliphatic hydroxyl groups excluding tert-OH is 2. The third-order valence-corrected chi connectivity index (χ3v) is 8.88. The van der Waals surface area contributed by atoms with Gasteiger partial charge in [0.05, 0.1) is 37.0 Å². The monoisotopic (exact) mass is 629 g/mol. The largest absolute Gasteiger partial charge is 0.445 e. The molecule has 3 aliphatic heterocycles. The van der Waals surface area contributed by atoms with E-state index in [-0.39, 0.29) is 43.9 Å². The van der Waals surface area contributed by atoms with Crippen molar-refractivity contribution in [2.45, 2.75) is 63.6 Å². The van der Waals surface area contributed by atoms with Gasteiger partial charge in [-0.2, -0.15) is 0 Å². The molecule has 0 aromatic heterocycles. The van der Waals surface area contributed by atoms with Crippen LogP contribution in [0.2, 0.25) is 0 Å². The number of hydrogen-bond acceptors (Lipinski definition) is 9. The van der Waals surface area contributed by atoms with Crippen LogP contribution in [0.5, 0.6) is 0 Å². The van der Waals surface area contributed by atoms with Crippen molar-refractivity contribution in [2.75, 3.05) is 24.5 Å². The van der Waals surface area contributed by atoms with Gasteiger partial charge in [0.15, 0.2) is 6.29 Å². The second kappa shape index (κ2) is 14.1. The highest BCUT2D eigenvalue weighted by atomic mass is 16.7. The van der Waals surface area contributed by atoms with Gasteiger partial charge >= 0.3 is 6.09 Å². The van der Waals surface area contributed by atoms with Crippen molar-refractivity contribution in [1.29, 1.82) is 0 Å². The Balaban J connectivity index is 1.14. The average molecular weight is 630 g/mol. The highest BCUT2D eigenvalue weighted by Crippen LogP contribution is 2.42. The molecule has 0 spiro atoms. The number of likely N-dealkylation sites (tertiary alicyclic amines) is 1. The summed E-state index contributed by atoms with van der Waals surface area (Å²) in [5.41, 5.74) is 3.68. The van der Waals surface area contributed by atoms with Crippen LogP contribution in [-0.2, 0) is 37.0 Å². The van der Waals surface area contributed by atoms with E-state index in [1.54, 1.807) is 24.3 Å². The fraction of sp³-hybridized carbons (Fsp3) is 0.400. The lowest BCUT2D eigenvalue weighted by Gasteiger charge is -2.42. The van der Waals surface area contributed by atoms with Gasteiger partial charge in [-0.05, 0) is 35.2 Å². The molecular weight excluding hydrogens is 590 g/mol. The Kier molecular flexibility index (Phi) is 9.76. The zero-order valence-corrected chi connectivity index (χ0v) is 25.7. The zero-order valence-electron chi connectivity index (χ0n) is 25.7. The third-order valence-electron chi connectivity index (χ3n) is 8.88. The van der Waals surface area contributed by atoms with Crippen molar-refractivity contribution in [3.63, 3.8) is 0 Å². The fourth-order valence-electron chi connectivity index (χ4n) is 6.26. The van der Waals surface area contributed by atoms with E-state index in [1.165, 1.54) is 0 Å². The number of imide groups is 1. The number of hydrogen-bond donors (Lipinski definition) is 3. The van der Waals surface area contributed by atoms with E-state index < -0.39 is 30.2 Å². The first kappa shape index (κ1) is 31.8. The lowest BCUT2D eigenvalue weighted by atomic mass is 9.90. The number of amides is 3. The number of anilines is 1. The Labute approximate surface area is 267 Å². The molecule has 3 saturated heterocycles. The summed E-state index contributed by atoms with van der Waals surface area (Å²) in [5.74, 6) is -0.964. The second-order valence-electron chi connectivity index (χ2n) is 12.1. The van der Waals surface area contributed by atoms with Gasteiger partial charge in [-0.3, -0.25) is 14.5 Å². The van der Waals surface area contributed by atoms with Crippen LogP contribution in [0.25, 0.3) is 0 Å². The Morgan fingerprint density at radius 3 is 2.35 bits per heavy atom. The predicted octanol–water partition coefficient (Wildman–Crippen LogP) is 3.60. The molecular formula is C35H39N3O8. The molecule has 3 fully saturated rings. The molecule has 0 radical (unpaired) electrons. The normalized spacial score (nSPS) is 26.8. The summed E-state index contributed by atoms with van der Waals surface area (Å²) in [6.07, 6.45) is -1.76. The van der Waals surface area contributed by atoms with Crippen LogP contribution in [0.1, 0.15) is 54.4 Å². The number of carbonyl (C=O) groups excluding carboxylic acids is 3. The van der Waals surface area contributed by atoms with Gasteiger partial charge in [-0.25, -0.2) is 9.69 Å². The maximum absolute atomic E-state index is 13.2. The van der Waals surface area contributed by atoms with Crippen LogP contribution in [0.3, 0.4) is 0 Å². The molecule has 46 heavy (non-hydrogen) atoms. The molecule has 3 aromatic carbocycles. The van der Waals surface area contributed by atoms with E-state index in [2.05, 4.69) is 17.1 Å². The van der Waals surface area contributed by atoms with Crippen molar-refractivity contribution in [1.82, 2.24) is 10.2 Å². The highest BCUT2D eigenvalue weighted by Gasteiger charge is 2.42. The first-order valence-electron chi connectivity index (χ1n) is 15.6. The maximum atomic E-state index is 13.2. The summed E-state index contributed by atoms with van der Waals surface area (Å²) in [6, 6.07) is 22.7. The zero-order chi connectivity index (χ0) is 32.2. The van der Waals surface area contributed by atoms with Crippen LogP contribution < -0.4 is 10.2 Å². The van der Waals surface area contributed by atoms with Gasteiger partial charge in [0.1, 0.15) is 12.6 Å². The summed E-state index contributed by atoms with van der Waals surface area (Å²) in [6.45, 7) is 4.13. The SMILES string of the molecule is C[C@@H]1[C@H](CN2CC[C@H](O)C2)O[C@H](c2ccc(N3C(=O)CC(NC(=O)OCc4ccccc4)C3=O)cc2)O[C@@H]1c1ccc(CO)cc1. The number of alkyl carbamates (subject to hydrolysis) is 1. The van der Waals surface area contributed by atoms with E-state index in [0.29, 0.717) is 18.8 Å². The quantitative estimate of drug-likeness (QED) is 0.303. The number of benzene rings is 3. The Bertz CT molecular complexity index is 1520. The van der Waals surface area contributed by atoms with Crippen molar-refractivity contribution >= 4 is 23.6 Å². The van der Waals surface area contributed by atoms with Gasteiger partial charge < -0.3 is 29.7 Å². The number of aliphatic hydroxyl groups is 2. The number of rotatable bonds is 9. The molecule has 0 saturated carbocycles. The molecule has 11 nitrogen and oxygen atoms in total. The fourth-order valence-corrected chi connectivity index (χ4v) is 6.26. The van der Waals surface area contributed by atoms with Crippen LogP contribution in [0, 0.1) is 5.92 Å². The number of β-amino-alcohol motifs (C(OH)–C–C–N with tert-alkyl or cyclic N) is 1. The van der Waals surface area contributed by atoms with Crippen molar-refractivity contribution in [3.8, 4) is 0 Å². The predicted molar refractivity (Wildman–Crippen MR) is 167 cm³/mol. The molecule has 3 N–H and O–H groups in total. The summed E-state index contributed by atoms with van der Waals surface area (Å²) < 4.78 is 18.3. The average Bonchev–Trinajstić information content (AvgIpc) is 3.61. The second-order valence-corrected chi connectivity index (χ2v) is 12.1. The van der Waals surface area contributed by atoms with Crippen molar-refractivity contribution in [2.24, 2.45) is 5.92 Å². The van der Waals surface area contributed by atoms with E-state index in [1.807, 2.05) is 54.6 Å². The van der Waals surface area contributed by atoms with Gasteiger partial charge in [0, 0.05) is 31.1 Å². The maximum Gasteiger partial charge on any atom is 0.408 e. The molecule has 3 aliphatic rings. The molecule has 3 aromatic rings. The Hall–Kier alpha value is -4.13. The summed E-state index contributed by atoms with van der Waals surface area (Å²) in [5, 5.41) is 22.1. The minimum Gasteiger partial charge on any atom is -0.445 e. The first-order chi connectivity index (χ1) is 22.3. The molecule has 0 bridgehead atoms. The summed E-state index contributed by atoms with van der Waals surface area (Å²) >= 11 is 0. The minimum absolute atomic E-state index is 0.00287. The van der Waals surface area contributed by atoms with E-state index in [4.69, 9.17) is 14.2 Å². The molecule has 3 amide bonds. The number of carbonyl (C=O) groups is 3. The van der Waals surface area contributed by atoms with Crippen molar-refractivity contribution in [3.05, 3.63) is 101 Å². The smallest absolute Gasteiger partial charge is 0.408 e. The van der Waals surface area contributed by atoms with Crippen molar-refractivity contribution < 1.29 is 38.8 Å². The number of nitrogens with zero attached hydrogens (tertiary/aromatic N) is 2. The van der Waals surface area contributed by atoms with Crippen LogP contribution in [0.4, 0.5) is 10.5 Å². The standard InChI is InChI=1S/C35H39N3O8/c1-22-30(19-37-16-15-28(40)18-37)45-34(46-32(22)25-9-7-23(20-39)8-10-25)26-11-13-27(14-12-26)38-31(41)17-29(33(38)42)36-35(43)44-21-24-5-3-2-4-6-24/h2-14,22,28-30,32,34,39-40H,15-21H2,1H3,(H,36,43)/t22-,28+,29?,30+,32+,34+/m1/s1. The lowest BCUT2D eigenvalue weighted by Crippen LogP contribution is -2.44. The minimum atomic E-state index is -1.02. The Morgan fingerprint density at radius 1 is 0.957 bits per heavy atom. The molecule has 11 heteroatoms. The molecule has 0 aliphatic carbocycles. The lowest BCUT2D eigenvalue weighted by molar-refractivity contribution is -0.276. The molecule has 3 heterocycles. The molecule has 6 rings (SSSR count). The molecule has 6 atom stereocenters. The van der Waals surface area contributed by atoms with E-state index in [0.717, 1.165) is 40.1 Å². The van der Waals surface area contributed by atoms with Gasteiger partial charge in [-0.15, -0.1) is 0 Å². The molecule has 1 unspecified atom stereocenters. The van der Waals surface area contributed by atoms with E-state index in [9.17, 15) is 24.6 Å². The van der Waals surface area contributed by atoms with Gasteiger partial charge in [0.25, 0.3) is 5.91 Å². The van der Waals surface area contributed by atoms with E-state index >= 15 is 0 Å². The van der Waals surface area contributed by atoms with Crippen LogP contribution in [0.15, 0.2) is 78.9 Å². The van der Waals surface area contributed by atoms with Crippen LogP contribution >= 0.6 is 0 Å². The number of nitrogens with one attached hydrogen (secondary N) is 1.